The van der Waals surface area contributed by atoms with Gasteiger partial charge in [-0.25, -0.2) is 4.79 Å². The summed E-state index contributed by atoms with van der Waals surface area (Å²) in [5, 5.41) is 2.30. The smallest absolute Gasteiger partial charge is 0.416 e. The molecule has 0 radical (unpaired) electrons. The Morgan fingerprint density at radius 2 is 1.80 bits per heavy atom. The monoisotopic (exact) mass is 361 g/mol. The van der Waals surface area contributed by atoms with Crippen molar-refractivity contribution >= 4 is 17.8 Å². The zero-order chi connectivity index (χ0) is 19.2. The minimum absolute atomic E-state index is 0.181. The molecule has 1 aromatic rings. The summed E-state index contributed by atoms with van der Waals surface area (Å²) in [5.41, 5.74) is -1.26. The number of halogens is 3. The third-order valence-corrected chi connectivity index (χ3v) is 3.48. The van der Waals surface area contributed by atoms with Crippen LogP contribution in [-0.4, -0.2) is 38.1 Å². The quantitative estimate of drug-likeness (QED) is 0.786. The van der Waals surface area contributed by atoms with E-state index < -0.39 is 41.5 Å². The molecular formula is C16H18F3NO5. The van der Waals surface area contributed by atoms with Gasteiger partial charge in [0.2, 0.25) is 0 Å². The molecule has 6 nitrogen and oxygen atoms in total. The Morgan fingerprint density at radius 3 is 2.32 bits per heavy atom. The number of carbonyl (C=O) groups is 3. The van der Waals surface area contributed by atoms with Crippen LogP contribution in [0.5, 0.6) is 0 Å². The van der Waals surface area contributed by atoms with Gasteiger partial charge in [0.25, 0.3) is 5.91 Å². The standard InChI is InChI=1S/C16H18F3NO5/c1-9(7-12(21)24-2)13(15(23)25-3)20-14(22)10-5-4-6-11(8-10)16(17,18)19/h4-6,8-9,13H,7H2,1-3H3,(H,20,22)/t9-,13-/m0/s1. The van der Waals surface area contributed by atoms with Crippen LogP contribution >= 0.6 is 0 Å². The number of hydrogen-bond acceptors (Lipinski definition) is 5. The number of carbonyl (C=O) groups excluding carboxylic acids is 3. The molecule has 0 unspecified atom stereocenters. The van der Waals surface area contributed by atoms with Gasteiger partial charge in [-0.2, -0.15) is 13.2 Å². The second-order valence-corrected chi connectivity index (χ2v) is 5.31. The average molecular weight is 361 g/mol. The van der Waals surface area contributed by atoms with Crippen LogP contribution in [0.2, 0.25) is 0 Å². The van der Waals surface area contributed by atoms with Crippen LogP contribution in [0.4, 0.5) is 13.2 Å². The molecule has 1 N–H and O–H groups in total. The van der Waals surface area contributed by atoms with Crippen LogP contribution in [0.3, 0.4) is 0 Å². The van der Waals surface area contributed by atoms with Crippen molar-refractivity contribution < 1.29 is 37.0 Å². The molecule has 9 heteroatoms. The molecular weight excluding hydrogens is 343 g/mol. The van der Waals surface area contributed by atoms with Gasteiger partial charge in [-0.05, 0) is 24.1 Å². The van der Waals surface area contributed by atoms with Gasteiger partial charge in [0, 0.05) is 5.56 Å². The molecule has 0 aliphatic carbocycles. The van der Waals surface area contributed by atoms with Gasteiger partial charge >= 0.3 is 18.1 Å². The number of hydrogen-bond donors (Lipinski definition) is 1. The molecule has 1 rings (SSSR count). The predicted octanol–water partition coefficient (Wildman–Crippen LogP) is 2.18. The number of alkyl halides is 3. The van der Waals surface area contributed by atoms with Crippen molar-refractivity contribution in [3.8, 4) is 0 Å². The lowest BCUT2D eigenvalue weighted by Crippen LogP contribution is -2.46. The lowest BCUT2D eigenvalue weighted by molar-refractivity contribution is -0.146. The average Bonchev–Trinajstić information content (AvgIpc) is 2.57. The Hall–Kier alpha value is -2.58. The van der Waals surface area contributed by atoms with Crippen molar-refractivity contribution in [2.75, 3.05) is 14.2 Å². The van der Waals surface area contributed by atoms with Crippen molar-refractivity contribution in [3.63, 3.8) is 0 Å². The van der Waals surface area contributed by atoms with Gasteiger partial charge in [0.15, 0.2) is 0 Å². The Kier molecular flexibility index (Phi) is 6.96. The van der Waals surface area contributed by atoms with E-state index in [9.17, 15) is 27.6 Å². The zero-order valence-corrected chi connectivity index (χ0v) is 13.8. The summed E-state index contributed by atoms with van der Waals surface area (Å²) < 4.78 is 47.3. The summed E-state index contributed by atoms with van der Waals surface area (Å²) in [5.74, 6) is -3.00. The topological polar surface area (TPSA) is 81.7 Å². The molecule has 2 atom stereocenters. The van der Waals surface area contributed by atoms with E-state index in [4.69, 9.17) is 0 Å². The van der Waals surface area contributed by atoms with E-state index in [0.29, 0.717) is 6.07 Å². The van der Waals surface area contributed by atoms with Crippen molar-refractivity contribution in [3.05, 3.63) is 35.4 Å². The van der Waals surface area contributed by atoms with Gasteiger partial charge in [0.05, 0.1) is 26.2 Å². The molecule has 0 aromatic heterocycles. The van der Waals surface area contributed by atoms with E-state index in [1.165, 1.54) is 20.1 Å². The fourth-order valence-electron chi connectivity index (χ4n) is 2.09. The van der Waals surface area contributed by atoms with Gasteiger partial charge in [-0.15, -0.1) is 0 Å². The number of esters is 2. The molecule has 138 valence electrons. The highest BCUT2D eigenvalue weighted by atomic mass is 19.4. The first-order valence-electron chi connectivity index (χ1n) is 7.23. The van der Waals surface area contributed by atoms with Crippen LogP contribution < -0.4 is 5.32 Å². The van der Waals surface area contributed by atoms with E-state index in [2.05, 4.69) is 14.8 Å². The van der Waals surface area contributed by atoms with Crippen molar-refractivity contribution in [2.45, 2.75) is 25.6 Å². The van der Waals surface area contributed by atoms with Crippen molar-refractivity contribution in [1.82, 2.24) is 5.32 Å². The highest BCUT2D eigenvalue weighted by Crippen LogP contribution is 2.29. The first-order valence-corrected chi connectivity index (χ1v) is 7.23. The summed E-state index contributed by atoms with van der Waals surface area (Å²) in [6.07, 6.45) is -4.78. The largest absolute Gasteiger partial charge is 0.469 e. The van der Waals surface area contributed by atoms with Gasteiger partial charge in [-0.3, -0.25) is 9.59 Å². The first-order chi connectivity index (χ1) is 11.6. The highest BCUT2D eigenvalue weighted by Gasteiger charge is 2.32. The normalized spacial score (nSPS) is 13.5. The summed E-state index contributed by atoms with van der Waals surface area (Å²) in [4.78, 5) is 35.4. The summed E-state index contributed by atoms with van der Waals surface area (Å²) in [6.45, 7) is 1.50. The van der Waals surface area contributed by atoms with E-state index >= 15 is 0 Å². The number of nitrogens with one attached hydrogen (secondary N) is 1. The molecule has 0 spiro atoms. The molecule has 0 aliphatic rings. The Morgan fingerprint density at radius 1 is 1.16 bits per heavy atom. The highest BCUT2D eigenvalue weighted by molar-refractivity contribution is 5.97. The first kappa shape index (κ1) is 20.5. The number of ether oxygens (including phenoxy) is 2. The summed E-state index contributed by atoms with van der Waals surface area (Å²) in [7, 11) is 2.26. The lowest BCUT2D eigenvalue weighted by Gasteiger charge is -2.22. The number of amides is 1. The fraction of sp³-hybridized carbons (Fsp3) is 0.438. The van der Waals surface area contributed by atoms with E-state index in [1.807, 2.05) is 0 Å². The van der Waals surface area contributed by atoms with Crippen LogP contribution in [0.15, 0.2) is 24.3 Å². The fourth-order valence-corrected chi connectivity index (χ4v) is 2.09. The third-order valence-electron chi connectivity index (χ3n) is 3.48. The lowest BCUT2D eigenvalue weighted by atomic mass is 9.97. The zero-order valence-electron chi connectivity index (χ0n) is 13.8. The predicted molar refractivity (Wildman–Crippen MR) is 80.5 cm³/mol. The number of benzene rings is 1. The van der Waals surface area contributed by atoms with Crippen LogP contribution in [0.25, 0.3) is 0 Å². The molecule has 0 saturated carbocycles. The Labute approximate surface area is 142 Å². The molecule has 0 fully saturated rings. The Balaban J connectivity index is 2.99. The number of methoxy groups -OCH3 is 2. The van der Waals surface area contributed by atoms with Crippen LogP contribution in [-0.2, 0) is 25.2 Å². The second kappa shape index (κ2) is 8.50. The maximum atomic E-state index is 12.7. The molecule has 25 heavy (non-hydrogen) atoms. The summed E-state index contributed by atoms with van der Waals surface area (Å²) >= 11 is 0. The van der Waals surface area contributed by atoms with Gasteiger partial charge in [-0.1, -0.05) is 13.0 Å². The maximum absolute atomic E-state index is 12.7. The maximum Gasteiger partial charge on any atom is 0.416 e. The molecule has 1 amide bonds. The molecule has 0 aliphatic heterocycles. The summed E-state index contributed by atoms with van der Waals surface area (Å²) in [6, 6.07) is 2.56. The van der Waals surface area contributed by atoms with Crippen LogP contribution in [0, 0.1) is 5.92 Å². The second-order valence-electron chi connectivity index (χ2n) is 5.31. The van der Waals surface area contributed by atoms with E-state index in [-0.39, 0.29) is 12.0 Å². The minimum Gasteiger partial charge on any atom is -0.469 e. The van der Waals surface area contributed by atoms with E-state index in [1.54, 1.807) is 0 Å². The Bertz CT molecular complexity index is 645. The molecule has 0 heterocycles. The molecule has 0 bridgehead atoms. The van der Waals surface area contributed by atoms with Gasteiger partial charge < -0.3 is 14.8 Å². The minimum atomic E-state index is -4.60. The van der Waals surface area contributed by atoms with Crippen LogP contribution in [0.1, 0.15) is 29.3 Å². The number of rotatable bonds is 6. The van der Waals surface area contributed by atoms with Crippen molar-refractivity contribution in [2.24, 2.45) is 5.92 Å². The molecule has 0 saturated heterocycles. The third kappa shape index (κ3) is 5.77. The molecule has 1 aromatic carbocycles. The van der Waals surface area contributed by atoms with Crippen molar-refractivity contribution in [1.29, 1.82) is 0 Å². The van der Waals surface area contributed by atoms with Gasteiger partial charge in [0.1, 0.15) is 6.04 Å². The SMILES string of the molecule is COC(=O)C[C@H](C)[C@H](NC(=O)c1cccc(C(F)(F)F)c1)C(=O)OC. The van der Waals surface area contributed by atoms with E-state index in [0.717, 1.165) is 19.2 Å².